The minimum Gasteiger partial charge on any atom is -0.392 e. The van der Waals surface area contributed by atoms with E-state index in [1.807, 2.05) is 42.5 Å². The van der Waals surface area contributed by atoms with Gasteiger partial charge >= 0.3 is 0 Å². The van der Waals surface area contributed by atoms with E-state index in [0.29, 0.717) is 6.42 Å². The Morgan fingerprint density at radius 2 is 1.63 bits per heavy atom. The van der Waals surface area contributed by atoms with E-state index in [-0.39, 0.29) is 11.5 Å². The summed E-state index contributed by atoms with van der Waals surface area (Å²) in [6.45, 7) is 0. The summed E-state index contributed by atoms with van der Waals surface area (Å²) in [4.78, 5) is 0. The average Bonchev–Trinajstić information content (AvgIpc) is 3.24. The predicted molar refractivity (Wildman–Crippen MR) is 78.5 cm³/mol. The molecule has 0 bridgehead atoms. The van der Waals surface area contributed by atoms with E-state index in [9.17, 15) is 5.11 Å². The first kappa shape index (κ1) is 12.7. The van der Waals surface area contributed by atoms with Crippen LogP contribution in [0.25, 0.3) is 0 Å². The normalized spacial score (nSPS) is 18.0. The van der Waals surface area contributed by atoms with Gasteiger partial charge in [-0.05, 0) is 42.5 Å². The monoisotopic (exact) mass is 272 g/mol. The molecular formula is C17H17ClO. The molecule has 1 fully saturated rings. The first-order chi connectivity index (χ1) is 9.21. The Kier molecular flexibility index (Phi) is 3.34. The number of aliphatic hydroxyl groups is 1. The van der Waals surface area contributed by atoms with Crippen molar-refractivity contribution in [3.8, 4) is 0 Å². The van der Waals surface area contributed by atoms with Crippen LogP contribution >= 0.6 is 11.6 Å². The molecule has 1 saturated carbocycles. The number of rotatable bonds is 4. The first-order valence-electron chi connectivity index (χ1n) is 6.69. The van der Waals surface area contributed by atoms with Crippen LogP contribution in [0.2, 0.25) is 5.02 Å². The van der Waals surface area contributed by atoms with Crippen LogP contribution in [0.1, 0.15) is 24.0 Å². The predicted octanol–water partition coefficient (Wildman–Crippen LogP) is 3.98. The molecule has 2 aromatic rings. The van der Waals surface area contributed by atoms with Gasteiger partial charge in [0.25, 0.3) is 0 Å². The lowest BCUT2D eigenvalue weighted by Crippen LogP contribution is -2.28. The third kappa shape index (κ3) is 2.54. The highest BCUT2D eigenvalue weighted by atomic mass is 35.5. The number of aliphatic hydroxyl groups excluding tert-OH is 1. The van der Waals surface area contributed by atoms with E-state index in [4.69, 9.17) is 11.6 Å². The van der Waals surface area contributed by atoms with Crippen LogP contribution in [0.3, 0.4) is 0 Å². The molecule has 0 spiro atoms. The molecule has 19 heavy (non-hydrogen) atoms. The first-order valence-corrected chi connectivity index (χ1v) is 7.06. The Morgan fingerprint density at radius 1 is 1.00 bits per heavy atom. The fourth-order valence-corrected chi connectivity index (χ4v) is 2.88. The lowest BCUT2D eigenvalue weighted by atomic mass is 9.86. The fraction of sp³-hybridized carbons (Fsp3) is 0.294. The smallest absolute Gasteiger partial charge is 0.0677 e. The van der Waals surface area contributed by atoms with E-state index in [2.05, 4.69) is 12.1 Å². The van der Waals surface area contributed by atoms with Crippen molar-refractivity contribution >= 4 is 11.6 Å². The van der Waals surface area contributed by atoms with E-state index >= 15 is 0 Å². The summed E-state index contributed by atoms with van der Waals surface area (Å²) >= 11 is 5.88. The Bertz CT molecular complexity index is 543. The lowest BCUT2D eigenvalue weighted by Gasteiger charge is -2.23. The summed E-state index contributed by atoms with van der Waals surface area (Å²) in [6, 6.07) is 18.1. The largest absolute Gasteiger partial charge is 0.392 e. The van der Waals surface area contributed by atoms with Gasteiger partial charge in [-0.3, -0.25) is 0 Å². The third-order valence-electron chi connectivity index (χ3n) is 4.12. The molecule has 98 valence electrons. The highest BCUT2D eigenvalue weighted by molar-refractivity contribution is 6.30. The van der Waals surface area contributed by atoms with Gasteiger partial charge in [-0.15, -0.1) is 0 Å². The maximum atomic E-state index is 10.6. The SMILES string of the molecule is OC(Cc1ccc(Cl)cc1)C1(c2ccccc2)CC1. The average molecular weight is 273 g/mol. The van der Waals surface area contributed by atoms with Gasteiger partial charge in [0.2, 0.25) is 0 Å². The number of hydrogen-bond acceptors (Lipinski definition) is 1. The van der Waals surface area contributed by atoms with E-state index in [1.54, 1.807) is 0 Å². The number of halogens is 1. The van der Waals surface area contributed by atoms with E-state index in [0.717, 1.165) is 23.4 Å². The zero-order valence-electron chi connectivity index (χ0n) is 10.7. The van der Waals surface area contributed by atoms with E-state index < -0.39 is 0 Å². The lowest BCUT2D eigenvalue weighted by molar-refractivity contribution is 0.131. The third-order valence-corrected chi connectivity index (χ3v) is 4.37. The van der Waals surface area contributed by atoms with Crippen molar-refractivity contribution in [3.05, 3.63) is 70.7 Å². The van der Waals surface area contributed by atoms with E-state index in [1.165, 1.54) is 5.56 Å². The molecule has 0 amide bonds. The van der Waals surface area contributed by atoms with Gasteiger partial charge in [0.15, 0.2) is 0 Å². The molecule has 0 saturated heterocycles. The zero-order chi connectivity index (χ0) is 13.3. The highest BCUT2D eigenvalue weighted by Gasteiger charge is 2.49. The highest BCUT2D eigenvalue weighted by Crippen LogP contribution is 2.51. The standard InChI is InChI=1S/C17H17ClO/c18-15-8-6-13(7-9-15)12-16(19)17(10-11-17)14-4-2-1-3-5-14/h1-9,16,19H,10-12H2. The zero-order valence-corrected chi connectivity index (χ0v) is 11.5. The van der Waals surface area contributed by atoms with Crippen LogP contribution in [-0.2, 0) is 11.8 Å². The molecule has 1 nitrogen and oxygen atoms in total. The topological polar surface area (TPSA) is 20.2 Å². The molecule has 1 N–H and O–H groups in total. The molecular weight excluding hydrogens is 256 g/mol. The molecule has 3 rings (SSSR count). The summed E-state index contributed by atoms with van der Waals surface area (Å²) in [6.07, 6.45) is 2.51. The van der Waals surface area contributed by atoms with Crippen molar-refractivity contribution in [2.45, 2.75) is 30.8 Å². The molecule has 2 heteroatoms. The maximum Gasteiger partial charge on any atom is 0.0677 e. The summed E-state index contributed by atoms with van der Waals surface area (Å²) in [5, 5.41) is 11.3. The van der Waals surface area contributed by atoms with Gasteiger partial charge in [-0.25, -0.2) is 0 Å². The Labute approximate surface area is 118 Å². The van der Waals surface area contributed by atoms with Gasteiger partial charge in [-0.1, -0.05) is 54.1 Å². The van der Waals surface area contributed by atoms with Gasteiger partial charge in [-0.2, -0.15) is 0 Å². The maximum absolute atomic E-state index is 10.6. The van der Waals surface area contributed by atoms with Crippen LogP contribution in [0, 0.1) is 0 Å². The fourth-order valence-electron chi connectivity index (χ4n) is 2.76. The van der Waals surface area contributed by atoms with Gasteiger partial charge in [0.1, 0.15) is 0 Å². The van der Waals surface area contributed by atoms with Crippen molar-refractivity contribution in [1.82, 2.24) is 0 Å². The molecule has 1 aliphatic carbocycles. The molecule has 0 aromatic heterocycles. The Hall–Kier alpha value is -1.31. The molecule has 1 aliphatic rings. The molecule has 2 aromatic carbocycles. The summed E-state index contributed by atoms with van der Waals surface area (Å²) < 4.78 is 0. The molecule has 0 aliphatic heterocycles. The minimum absolute atomic E-state index is 0.0269. The van der Waals surface area contributed by atoms with Crippen LogP contribution in [0.5, 0.6) is 0 Å². The van der Waals surface area contributed by atoms with Crippen LogP contribution in [0.15, 0.2) is 54.6 Å². The Balaban J connectivity index is 1.77. The van der Waals surface area contributed by atoms with Crippen molar-refractivity contribution in [2.24, 2.45) is 0 Å². The second-order valence-electron chi connectivity index (χ2n) is 5.37. The van der Waals surface area contributed by atoms with Crippen LogP contribution in [-0.4, -0.2) is 11.2 Å². The van der Waals surface area contributed by atoms with Crippen molar-refractivity contribution in [1.29, 1.82) is 0 Å². The summed E-state index contributed by atoms with van der Waals surface area (Å²) in [5.41, 5.74) is 2.37. The number of hydrogen-bond donors (Lipinski definition) is 1. The second kappa shape index (κ2) is 4.99. The van der Waals surface area contributed by atoms with Crippen molar-refractivity contribution < 1.29 is 5.11 Å². The van der Waals surface area contributed by atoms with Crippen molar-refractivity contribution in [2.75, 3.05) is 0 Å². The second-order valence-corrected chi connectivity index (χ2v) is 5.80. The molecule has 1 unspecified atom stereocenters. The quantitative estimate of drug-likeness (QED) is 0.893. The van der Waals surface area contributed by atoms with Crippen molar-refractivity contribution in [3.63, 3.8) is 0 Å². The Morgan fingerprint density at radius 3 is 2.21 bits per heavy atom. The van der Waals surface area contributed by atoms with Crippen LogP contribution in [0.4, 0.5) is 0 Å². The molecule has 1 atom stereocenters. The van der Waals surface area contributed by atoms with Gasteiger partial charge in [0, 0.05) is 10.4 Å². The molecule has 0 radical (unpaired) electrons. The molecule has 0 heterocycles. The van der Waals surface area contributed by atoms with Gasteiger partial charge < -0.3 is 5.11 Å². The minimum atomic E-state index is -0.323. The number of benzene rings is 2. The summed E-state index contributed by atoms with van der Waals surface area (Å²) in [5.74, 6) is 0. The van der Waals surface area contributed by atoms with Gasteiger partial charge in [0.05, 0.1) is 6.10 Å². The summed E-state index contributed by atoms with van der Waals surface area (Å²) in [7, 11) is 0. The van der Waals surface area contributed by atoms with Crippen LogP contribution < -0.4 is 0 Å².